The van der Waals surface area contributed by atoms with Gasteiger partial charge in [-0.25, -0.2) is 0 Å². The first-order chi connectivity index (χ1) is 8.81. The smallest absolute Gasteiger partial charge is 0.222 e. The molecule has 0 aromatic heterocycles. The molecule has 2 heteroatoms. The lowest BCUT2D eigenvalue weighted by Gasteiger charge is -2.35. The van der Waals surface area contributed by atoms with Crippen molar-refractivity contribution < 1.29 is 4.79 Å². The fraction of sp³-hybridized carbons (Fsp3) is 0.938. The number of carbonyl (C=O) groups excluding carboxylic acids is 1. The highest BCUT2D eigenvalue weighted by atomic mass is 16.2. The molecule has 1 saturated heterocycles. The maximum atomic E-state index is 12.3. The van der Waals surface area contributed by atoms with Crippen LogP contribution in [0.2, 0.25) is 0 Å². The van der Waals surface area contributed by atoms with E-state index in [2.05, 4.69) is 11.8 Å². The van der Waals surface area contributed by atoms with Gasteiger partial charge in [-0.3, -0.25) is 4.79 Å². The van der Waals surface area contributed by atoms with Crippen molar-refractivity contribution in [2.24, 2.45) is 5.92 Å². The number of piperidine rings is 1. The first kappa shape index (κ1) is 13.9. The number of hydrogen-bond donors (Lipinski definition) is 0. The second-order valence-corrected chi connectivity index (χ2v) is 6.19. The van der Waals surface area contributed by atoms with Crippen molar-refractivity contribution in [1.29, 1.82) is 0 Å². The molecule has 1 aliphatic carbocycles. The third-order valence-electron chi connectivity index (χ3n) is 4.91. The van der Waals surface area contributed by atoms with Crippen LogP contribution in [0.5, 0.6) is 0 Å². The van der Waals surface area contributed by atoms with Crippen LogP contribution < -0.4 is 0 Å². The Bertz CT molecular complexity index is 258. The van der Waals surface area contributed by atoms with Gasteiger partial charge in [-0.05, 0) is 38.0 Å². The Morgan fingerprint density at radius 2 is 1.78 bits per heavy atom. The average molecular weight is 251 g/mol. The van der Waals surface area contributed by atoms with Crippen molar-refractivity contribution in [3.63, 3.8) is 0 Å². The molecule has 18 heavy (non-hydrogen) atoms. The summed E-state index contributed by atoms with van der Waals surface area (Å²) in [6, 6.07) is 0.539. The Morgan fingerprint density at radius 3 is 2.50 bits per heavy atom. The molecule has 0 spiro atoms. The molecular formula is C16H29NO. The van der Waals surface area contributed by atoms with Gasteiger partial charge in [0.1, 0.15) is 0 Å². The van der Waals surface area contributed by atoms with Gasteiger partial charge < -0.3 is 4.90 Å². The van der Waals surface area contributed by atoms with E-state index in [1.807, 2.05) is 0 Å². The Labute approximate surface area is 112 Å². The fourth-order valence-corrected chi connectivity index (χ4v) is 3.70. The third kappa shape index (κ3) is 3.73. The van der Waals surface area contributed by atoms with Crippen LogP contribution in [0.3, 0.4) is 0 Å². The molecule has 0 radical (unpaired) electrons. The van der Waals surface area contributed by atoms with Crippen molar-refractivity contribution >= 4 is 5.91 Å². The molecule has 1 heterocycles. The normalized spacial score (nSPS) is 26.3. The molecule has 1 saturated carbocycles. The van der Waals surface area contributed by atoms with Crippen molar-refractivity contribution in [2.45, 2.75) is 83.6 Å². The first-order valence-corrected chi connectivity index (χ1v) is 8.10. The van der Waals surface area contributed by atoms with Gasteiger partial charge in [0.25, 0.3) is 0 Å². The molecule has 0 aromatic carbocycles. The number of carbonyl (C=O) groups is 1. The average Bonchev–Trinajstić information content (AvgIpc) is 2.45. The van der Waals surface area contributed by atoms with Crippen molar-refractivity contribution in [3.8, 4) is 0 Å². The lowest BCUT2D eigenvalue weighted by atomic mass is 9.86. The molecule has 2 fully saturated rings. The lowest BCUT2D eigenvalue weighted by molar-refractivity contribution is -0.135. The lowest BCUT2D eigenvalue weighted by Crippen LogP contribution is -2.43. The summed E-state index contributed by atoms with van der Waals surface area (Å²) in [6.07, 6.45) is 13.8. The Kier molecular flexibility index (Phi) is 5.52. The molecule has 104 valence electrons. The summed E-state index contributed by atoms with van der Waals surface area (Å²) in [4.78, 5) is 14.5. The van der Waals surface area contributed by atoms with Crippen LogP contribution in [0.1, 0.15) is 77.6 Å². The Morgan fingerprint density at radius 1 is 1.06 bits per heavy atom. The van der Waals surface area contributed by atoms with Gasteiger partial charge in [0, 0.05) is 19.0 Å². The largest absolute Gasteiger partial charge is 0.340 e. The highest BCUT2D eigenvalue weighted by molar-refractivity contribution is 5.76. The van der Waals surface area contributed by atoms with E-state index >= 15 is 0 Å². The molecule has 0 N–H and O–H groups in total. The van der Waals surface area contributed by atoms with E-state index in [4.69, 9.17) is 0 Å². The zero-order valence-electron chi connectivity index (χ0n) is 12.0. The molecule has 0 bridgehead atoms. The van der Waals surface area contributed by atoms with Crippen LogP contribution in [0.25, 0.3) is 0 Å². The van der Waals surface area contributed by atoms with E-state index in [1.165, 1.54) is 51.4 Å². The van der Waals surface area contributed by atoms with Crippen molar-refractivity contribution in [3.05, 3.63) is 0 Å². The second kappa shape index (κ2) is 7.16. The van der Waals surface area contributed by atoms with Crippen molar-refractivity contribution in [1.82, 2.24) is 4.90 Å². The standard InChI is InChI=1S/C16H29NO/c1-2-15-10-6-7-13-17(15)16(18)12-11-14-8-4-3-5-9-14/h14-15H,2-13H2,1H3/t15-/m0/s1. The molecule has 2 aliphatic rings. The van der Waals surface area contributed by atoms with Gasteiger partial charge in [-0.15, -0.1) is 0 Å². The maximum Gasteiger partial charge on any atom is 0.222 e. The monoisotopic (exact) mass is 251 g/mol. The predicted molar refractivity (Wildman–Crippen MR) is 75.5 cm³/mol. The van der Waals surface area contributed by atoms with Gasteiger partial charge in [-0.2, -0.15) is 0 Å². The van der Waals surface area contributed by atoms with E-state index in [-0.39, 0.29) is 0 Å². The van der Waals surface area contributed by atoms with Crippen LogP contribution in [-0.4, -0.2) is 23.4 Å². The van der Waals surface area contributed by atoms with Crippen LogP contribution >= 0.6 is 0 Å². The zero-order valence-corrected chi connectivity index (χ0v) is 12.0. The fourth-order valence-electron chi connectivity index (χ4n) is 3.70. The quantitative estimate of drug-likeness (QED) is 0.735. The van der Waals surface area contributed by atoms with Crippen LogP contribution in [0.4, 0.5) is 0 Å². The van der Waals surface area contributed by atoms with Crippen LogP contribution in [-0.2, 0) is 4.79 Å². The minimum Gasteiger partial charge on any atom is -0.340 e. The maximum absolute atomic E-state index is 12.3. The highest BCUT2D eigenvalue weighted by Gasteiger charge is 2.25. The van der Waals surface area contributed by atoms with Crippen LogP contribution in [0, 0.1) is 5.92 Å². The first-order valence-electron chi connectivity index (χ1n) is 8.10. The molecule has 2 rings (SSSR count). The van der Waals surface area contributed by atoms with Gasteiger partial charge in [0.15, 0.2) is 0 Å². The highest BCUT2D eigenvalue weighted by Crippen LogP contribution is 2.28. The Balaban J connectivity index is 1.75. The third-order valence-corrected chi connectivity index (χ3v) is 4.91. The van der Waals surface area contributed by atoms with E-state index in [1.54, 1.807) is 0 Å². The molecule has 0 aromatic rings. The molecule has 2 nitrogen and oxygen atoms in total. The molecule has 1 aliphatic heterocycles. The summed E-state index contributed by atoms with van der Waals surface area (Å²) in [7, 11) is 0. The number of amides is 1. The van der Waals surface area contributed by atoms with E-state index < -0.39 is 0 Å². The summed E-state index contributed by atoms with van der Waals surface area (Å²) in [6.45, 7) is 3.24. The number of likely N-dealkylation sites (tertiary alicyclic amines) is 1. The van der Waals surface area contributed by atoms with Gasteiger partial charge in [0.05, 0.1) is 0 Å². The number of hydrogen-bond acceptors (Lipinski definition) is 1. The minimum atomic E-state index is 0.437. The number of nitrogens with zero attached hydrogens (tertiary/aromatic N) is 1. The SMILES string of the molecule is CC[C@H]1CCCCN1C(=O)CCC1CCCCC1. The summed E-state index contributed by atoms with van der Waals surface area (Å²) in [5.41, 5.74) is 0. The molecule has 1 amide bonds. The predicted octanol–water partition coefficient (Wildman–Crippen LogP) is 4.14. The molecular weight excluding hydrogens is 222 g/mol. The van der Waals surface area contributed by atoms with Gasteiger partial charge in [0.2, 0.25) is 5.91 Å². The topological polar surface area (TPSA) is 20.3 Å². The molecule has 0 unspecified atom stereocenters. The summed E-state index contributed by atoms with van der Waals surface area (Å²) >= 11 is 0. The van der Waals surface area contributed by atoms with Crippen LogP contribution in [0.15, 0.2) is 0 Å². The van der Waals surface area contributed by atoms with E-state index in [0.29, 0.717) is 11.9 Å². The number of rotatable bonds is 4. The van der Waals surface area contributed by atoms with Gasteiger partial charge >= 0.3 is 0 Å². The van der Waals surface area contributed by atoms with Gasteiger partial charge in [-0.1, -0.05) is 39.0 Å². The summed E-state index contributed by atoms with van der Waals surface area (Å²) in [5, 5.41) is 0. The Hall–Kier alpha value is -0.530. The minimum absolute atomic E-state index is 0.437. The van der Waals surface area contributed by atoms with E-state index in [0.717, 1.165) is 31.7 Å². The zero-order chi connectivity index (χ0) is 12.8. The molecule has 1 atom stereocenters. The summed E-state index contributed by atoms with van der Waals surface area (Å²) in [5.74, 6) is 1.28. The second-order valence-electron chi connectivity index (χ2n) is 6.19. The van der Waals surface area contributed by atoms with E-state index in [9.17, 15) is 4.79 Å². The summed E-state index contributed by atoms with van der Waals surface area (Å²) < 4.78 is 0. The van der Waals surface area contributed by atoms with Crippen molar-refractivity contribution in [2.75, 3.05) is 6.54 Å².